The Kier molecular flexibility index (Phi) is 3.27. The summed E-state index contributed by atoms with van der Waals surface area (Å²) in [4.78, 5) is 11.0. The van der Waals surface area contributed by atoms with Crippen LogP contribution in [0, 0.1) is 12.8 Å². The molecule has 88 valence electrons. The van der Waals surface area contributed by atoms with Crippen molar-refractivity contribution in [3.05, 3.63) is 11.9 Å². The summed E-state index contributed by atoms with van der Waals surface area (Å²) < 4.78 is 0. The second-order valence-electron chi connectivity index (χ2n) is 4.40. The minimum Gasteiger partial charge on any atom is -0.373 e. The number of aromatic nitrogens is 2. The van der Waals surface area contributed by atoms with E-state index in [0.29, 0.717) is 0 Å². The molecule has 1 aromatic heterocycles. The van der Waals surface area contributed by atoms with Crippen molar-refractivity contribution in [2.45, 2.75) is 26.7 Å². The van der Waals surface area contributed by atoms with Gasteiger partial charge in [-0.1, -0.05) is 0 Å². The molecule has 0 unspecified atom stereocenters. The fraction of sp³-hybridized carbons (Fsp3) is 0.667. The molecule has 0 radical (unpaired) electrons. The second kappa shape index (κ2) is 4.68. The summed E-state index contributed by atoms with van der Waals surface area (Å²) in [6.07, 6.45) is 4.39. The molecule has 1 aliphatic rings. The van der Waals surface area contributed by atoms with Crippen LogP contribution in [0.5, 0.6) is 0 Å². The van der Waals surface area contributed by atoms with E-state index in [2.05, 4.69) is 34.0 Å². The van der Waals surface area contributed by atoms with Crippen LogP contribution in [0.25, 0.3) is 0 Å². The van der Waals surface area contributed by atoms with E-state index in [0.717, 1.165) is 36.2 Å². The van der Waals surface area contributed by atoms with Crippen LogP contribution in [0.1, 0.15) is 25.3 Å². The largest absolute Gasteiger partial charge is 0.373 e. The van der Waals surface area contributed by atoms with Gasteiger partial charge < -0.3 is 10.2 Å². The van der Waals surface area contributed by atoms with Crippen molar-refractivity contribution < 1.29 is 0 Å². The van der Waals surface area contributed by atoms with Crippen molar-refractivity contribution in [1.82, 2.24) is 9.97 Å². The van der Waals surface area contributed by atoms with Crippen LogP contribution in [-0.2, 0) is 0 Å². The third kappa shape index (κ3) is 2.26. The Balaban J connectivity index is 2.21. The summed E-state index contributed by atoms with van der Waals surface area (Å²) >= 11 is 0. The highest BCUT2D eigenvalue weighted by molar-refractivity contribution is 5.57. The van der Waals surface area contributed by atoms with Crippen molar-refractivity contribution >= 4 is 11.6 Å². The molecule has 4 heteroatoms. The van der Waals surface area contributed by atoms with E-state index in [1.165, 1.54) is 12.8 Å². The lowest BCUT2D eigenvalue weighted by Gasteiger charge is -2.24. The predicted molar refractivity (Wildman–Crippen MR) is 66.9 cm³/mol. The average molecular weight is 220 g/mol. The van der Waals surface area contributed by atoms with Gasteiger partial charge in [0.2, 0.25) is 0 Å². The lowest BCUT2D eigenvalue weighted by atomic mass is 10.2. The first-order chi connectivity index (χ1) is 7.76. The normalized spacial score (nSPS) is 14.9. The molecule has 4 nitrogen and oxygen atoms in total. The van der Waals surface area contributed by atoms with Gasteiger partial charge in [-0.2, -0.15) is 0 Å². The van der Waals surface area contributed by atoms with Gasteiger partial charge in [0.25, 0.3) is 0 Å². The summed E-state index contributed by atoms with van der Waals surface area (Å²) in [5, 5.41) is 3.11. The monoisotopic (exact) mass is 220 g/mol. The smallest absolute Gasteiger partial charge is 0.137 e. The predicted octanol–water partition coefficient (Wildman–Crippen LogP) is 2.06. The molecule has 0 aromatic carbocycles. The molecule has 1 aromatic rings. The van der Waals surface area contributed by atoms with Crippen LogP contribution >= 0.6 is 0 Å². The first-order valence-corrected chi connectivity index (χ1v) is 6.00. The van der Waals surface area contributed by atoms with Gasteiger partial charge in [0.1, 0.15) is 18.0 Å². The molecule has 0 spiro atoms. The van der Waals surface area contributed by atoms with E-state index in [1.54, 1.807) is 6.33 Å². The SMILES string of the molecule is CCN(CC1CC1)c1ncnc(NC)c1C. The van der Waals surface area contributed by atoms with E-state index in [1.807, 2.05) is 7.05 Å². The van der Waals surface area contributed by atoms with Gasteiger partial charge >= 0.3 is 0 Å². The van der Waals surface area contributed by atoms with Gasteiger partial charge in [-0.05, 0) is 32.6 Å². The summed E-state index contributed by atoms with van der Waals surface area (Å²) in [6, 6.07) is 0. The van der Waals surface area contributed by atoms with E-state index in [4.69, 9.17) is 0 Å². The Morgan fingerprint density at radius 3 is 2.75 bits per heavy atom. The van der Waals surface area contributed by atoms with Crippen LogP contribution in [0.15, 0.2) is 6.33 Å². The van der Waals surface area contributed by atoms with Gasteiger partial charge in [-0.15, -0.1) is 0 Å². The van der Waals surface area contributed by atoms with E-state index in [9.17, 15) is 0 Å². The summed E-state index contributed by atoms with van der Waals surface area (Å²) in [7, 11) is 1.90. The molecule has 2 rings (SSSR count). The van der Waals surface area contributed by atoms with Gasteiger partial charge in [0.05, 0.1) is 0 Å². The Morgan fingerprint density at radius 1 is 1.44 bits per heavy atom. The zero-order valence-electron chi connectivity index (χ0n) is 10.3. The number of rotatable bonds is 5. The van der Waals surface area contributed by atoms with Crippen LogP contribution in [0.4, 0.5) is 11.6 Å². The van der Waals surface area contributed by atoms with Gasteiger partial charge in [0, 0.05) is 25.7 Å². The molecule has 1 saturated carbocycles. The number of nitrogens with zero attached hydrogens (tertiary/aromatic N) is 3. The van der Waals surface area contributed by atoms with Crippen molar-refractivity contribution in [1.29, 1.82) is 0 Å². The quantitative estimate of drug-likeness (QED) is 0.824. The highest BCUT2D eigenvalue weighted by Crippen LogP contribution is 2.32. The molecule has 1 fully saturated rings. The molecule has 0 aliphatic heterocycles. The Bertz CT molecular complexity index is 360. The highest BCUT2D eigenvalue weighted by Gasteiger charge is 2.25. The number of hydrogen-bond donors (Lipinski definition) is 1. The van der Waals surface area contributed by atoms with Crippen LogP contribution < -0.4 is 10.2 Å². The minimum atomic E-state index is 0.882. The van der Waals surface area contributed by atoms with Crippen LogP contribution in [-0.4, -0.2) is 30.1 Å². The van der Waals surface area contributed by atoms with Crippen LogP contribution in [0.3, 0.4) is 0 Å². The molecule has 0 amide bonds. The van der Waals surface area contributed by atoms with Gasteiger partial charge in [-0.25, -0.2) is 9.97 Å². The first-order valence-electron chi connectivity index (χ1n) is 6.00. The zero-order chi connectivity index (χ0) is 11.5. The Labute approximate surface area is 97.1 Å². The maximum Gasteiger partial charge on any atom is 0.137 e. The third-order valence-electron chi connectivity index (χ3n) is 3.15. The van der Waals surface area contributed by atoms with E-state index < -0.39 is 0 Å². The lowest BCUT2D eigenvalue weighted by molar-refractivity contribution is 0.728. The molecule has 0 saturated heterocycles. The second-order valence-corrected chi connectivity index (χ2v) is 4.40. The van der Waals surface area contributed by atoms with Crippen LogP contribution in [0.2, 0.25) is 0 Å². The Morgan fingerprint density at radius 2 is 2.19 bits per heavy atom. The van der Waals surface area contributed by atoms with Crippen molar-refractivity contribution in [3.63, 3.8) is 0 Å². The fourth-order valence-corrected chi connectivity index (χ4v) is 1.99. The molecule has 0 bridgehead atoms. The van der Waals surface area contributed by atoms with E-state index in [-0.39, 0.29) is 0 Å². The molecule has 16 heavy (non-hydrogen) atoms. The van der Waals surface area contributed by atoms with E-state index >= 15 is 0 Å². The molecule has 1 N–H and O–H groups in total. The highest BCUT2D eigenvalue weighted by atomic mass is 15.2. The standard InChI is InChI=1S/C12H20N4/c1-4-16(7-10-5-6-10)12-9(2)11(13-3)14-8-15-12/h8,10H,4-7H2,1-3H3,(H,13,14,15). The maximum atomic E-state index is 4.41. The van der Waals surface area contributed by atoms with Crippen molar-refractivity contribution in [2.24, 2.45) is 5.92 Å². The van der Waals surface area contributed by atoms with Crippen molar-refractivity contribution in [3.8, 4) is 0 Å². The maximum absolute atomic E-state index is 4.41. The summed E-state index contributed by atoms with van der Waals surface area (Å²) in [5.74, 6) is 2.89. The zero-order valence-corrected chi connectivity index (χ0v) is 10.3. The summed E-state index contributed by atoms with van der Waals surface area (Å²) in [5.41, 5.74) is 1.15. The molecular formula is C12H20N4. The molecular weight excluding hydrogens is 200 g/mol. The minimum absolute atomic E-state index is 0.882. The number of nitrogens with one attached hydrogen (secondary N) is 1. The average Bonchev–Trinajstić information content (AvgIpc) is 3.10. The molecule has 1 aliphatic carbocycles. The first kappa shape index (κ1) is 11.2. The topological polar surface area (TPSA) is 41.1 Å². The molecule has 1 heterocycles. The fourth-order valence-electron chi connectivity index (χ4n) is 1.99. The lowest BCUT2D eigenvalue weighted by Crippen LogP contribution is -2.27. The summed E-state index contributed by atoms with van der Waals surface area (Å²) in [6.45, 7) is 6.41. The number of anilines is 2. The number of hydrogen-bond acceptors (Lipinski definition) is 4. The van der Waals surface area contributed by atoms with Gasteiger partial charge in [-0.3, -0.25) is 0 Å². The Hall–Kier alpha value is -1.32. The van der Waals surface area contributed by atoms with Crippen molar-refractivity contribution in [2.75, 3.05) is 30.4 Å². The van der Waals surface area contributed by atoms with Gasteiger partial charge in [0.15, 0.2) is 0 Å². The third-order valence-corrected chi connectivity index (χ3v) is 3.15. The molecule has 0 atom stereocenters.